The summed E-state index contributed by atoms with van der Waals surface area (Å²) in [6, 6.07) is 0. The van der Waals surface area contributed by atoms with Crippen molar-refractivity contribution >= 4 is 57.3 Å². The Hall–Kier alpha value is -2.20. The van der Waals surface area contributed by atoms with Crippen LogP contribution in [0.2, 0.25) is 0 Å². The fourth-order valence-electron chi connectivity index (χ4n) is 1.88. The van der Waals surface area contributed by atoms with Crippen molar-refractivity contribution in [1.29, 1.82) is 0 Å². The Morgan fingerprint density at radius 3 is 2.69 bits per heavy atom. The maximum atomic E-state index is 12.2. The van der Waals surface area contributed by atoms with Crippen LogP contribution in [0.5, 0.6) is 0 Å². The molecule has 2 aromatic heterocycles. The van der Waals surface area contributed by atoms with Crippen molar-refractivity contribution in [2.24, 2.45) is 4.99 Å². The highest BCUT2D eigenvalue weighted by Crippen LogP contribution is 2.37. The van der Waals surface area contributed by atoms with E-state index in [1.807, 2.05) is 6.92 Å². The third kappa shape index (κ3) is 5.15. The van der Waals surface area contributed by atoms with Gasteiger partial charge in [-0.2, -0.15) is 0 Å². The topological polar surface area (TPSA) is 100.0 Å². The molecule has 0 saturated carbocycles. The third-order valence-electron chi connectivity index (χ3n) is 2.91. The summed E-state index contributed by atoms with van der Waals surface area (Å²) >= 11 is 2.33. The van der Waals surface area contributed by atoms with Gasteiger partial charge in [0.2, 0.25) is 0 Å². The first kappa shape index (κ1) is 20.1. The fraction of sp³-hybridized carbons (Fsp3) is 0.438. The number of ether oxygens (including phenoxy) is 3. The minimum atomic E-state index is -0.472. The molecule has 0 saturated heterocycles. The van der Waals surface area contributed by atoms with E-state index in [0.29, 0.717) is 39.2 Å². The van der Waals surface area contributed by atoms with Crippen LogP contribution in [0.15, 0.2) is 16.3 Å². The van der Waals surface area contributed by atoms with Crippen molar-refractivity contribution in [3.05, 3.63) is 11.1 Å². The van der Waals surface area contributed by atoms with Gasteiger partial charge >= 0.3 is 11.9 Å². The molecule has 2 aromatic rings. The Balaban J connectivity index is 2.32. The molecule has 0 aliphatic heterocycles. The van der Waals surface area contributed by atoms with Crippen molar-refractivity contribution in [1.82, 2.24) is 9.97 Å². The minimum Gasteiger partial charge on any atom is -0.483 e. The average Bonchev–Trinajstić information content (AvgIpc) is 2.99. The summed E-state index contributed by atoms with van der Waals surface area (Å²) in [6.07, 6.45) is 2.86. The van der Waals surface area contributed by atoms with E-state index in [9.17, 15) is 9.59 Å². The maximum absolute atomic E-state index is 12.2. The van der Waals surface area contributed by atoms with Gasteiger partial charge in [0.15, 0.2) is 11.6 Å². The Labute approximate surface area is 159 Å². The van der Waals surface area contributed by atoms with Gasteiger partial charge in [-0.25, -0.2) is 19.8 Å². The van der Waals surface area contributed by atoms with Gasteiger partial charge in [0.1, 0.15) is 15.4 Å². The zero-order valence-corrected chi connectivity index (χ0v) is 16.3. The summed E-state index contributed by atoms with van der Waals surface area (Å²) in [5.74, 6) is -0.688. The second-order valence-electron chi connectivity index (χ2n) is 4.66. The number of nitrogens with zero attached hydrogens (tertiary/aromatic N) is 3. The molecule has 0 fully saturated rings. The molecule has 0 atom stereocenters. The fourth-order valence-corrected chi connectivity index (χ4v) is 3.54. The largest absolute Gasteiger partial charge is 0.483 e. The zero-order valence-electron chi connectivity index (χ0n) is 14.7. The monoisotopic (exact) mass is 397 g/mol. The summed E-state index contributed by atoms with van der Waals surface area (Å²) in [5, 5.41) is 1.04. The quantitative estimate of drug-likeness (QED) is 0.209. The normalized spacial score (nSPS) is 11.0. The highest BCUT2D eigenvalue weighted by molar-refractivity contribution is 7.99. The van der Waals surface area contributed by atoms with Gasteiger partial charge < -0.3 is 14.2 Å². The van der Waals surface area contributed by atoms with Crippen LogP contribution in [0, 0.1) is 0 Å². The number of aliphatic imine (C=N–C) groups is 1. The SMILES string of the molecule is CCOC=Nc1c(C(=O)OCC)sc2nc(SCC(=O)OCC)ncc12. The second kappa shape index (κ2) is 10.1. The van der Waals surface area contributed by atoms with Gasteiger partial charge in [-0.3, -0.25) is 4.79 Å². The summed E-state index contributed by atoms with van der Waals surface area (Å²) in [7, 11) is 0. The van der Waals surface area contributed by atoms with Crippen molar-refractivity contribution < 1.29 is 23.8 Å². The first-order valence-electron chi connectivity index (χ1n) is 7.99. The lowest BCUT2D eigenvalue weighted by Crippen LogP contribution is -2.06. The molecule has 0 aromatic carbocycles. The molecule has 140 valence electrons. The Bertz CT molecular complexity index is 807. The molecule has 0 unspecified atom stereocenters. The van der Waals surface area contributed by atoms with Crippen LogP contribution in [0.1, 0.15) is 30.4 Å². The zero-order chi connectivity index (χ0) is 18.9. The molecule has 0 radical (unpaired) electrons. The van der Waals surface area contributed by atoms with Crippen molar-refractivity contribution in [2.45, 2.75) is 25.9 Å². The first-order valence-corrected chi connectivity index (χ1v) is 9.80. The molecule has 26 heavy (non-hydrogen) atoms. The molecule has 0 N–H and O–H groups in total. The molecular weight excluding hydrogens is 378 g/mol. The highest BCUT2D eigenvalue weighted by atomic mass is 32.2. The predicted octanol–water partition coefficient (Wildman–Crippen LogP) is 3.22. The van der Waals surface area contributed by atoms with E-state index in [2.05, 4.69) is 15.0 Å². The molecule has 0 aliphatic carbocycles. The lowest BCUT2D eigenvalue weighted by Gasteiger charge is -2.01. The van der Waals surface area contributed by atoms with Gasteiger partial charge in [-0.15, -0.1) is 11.3 Å². The number of carbonyl (C=O) groups is 2. The van der Waals surface area contributed by atoms with Crippen LogP contribution in [-0.4, -0.2) is 53.9 Å². The molecule has 2 rings (SSSR count). The number of esters is 2. The van der Waals surface area contributed by atoms with Crippen LogP contribution in [0.25, 0.3) is 10.2 Å². The first-order chi connectivity index (χ1) is 12.6. The van der Waals surface area contributed by atoms with Crippen LogP contribution in [0.3, 0.4) is 0 Å². The molecular formula is C16H19N3O5S2. The van der Waals surface area contributed by atoms with E-state index in [4.69, 9.17) is 14.2 Å². The molecule has 0 aliphatic rings. The van der Waals surface area contributed by atoms with Crippen molar-refractivity contribution in [3.63, 3.8) is 0 Å². The van der Waals surface area contributed by atoms with Crippen LogP contribution in [0.4, 0.5) is 5.69 Å². The maximum Gasteiger partial charge on any atom is 0.350 e. The summed E-state index contributed by atoms with van der Waals surface area (Å²) in [5.41, 5.74) is 0.416. The van der Waals surface area contributed by atoms with E-state index in [1.165, 1.54) is 18.2 Å². The lowest BCUT2D eigenvalue weighted by molar-refractivity contribution is -0.139. The number of hydrogen-bond acceptors (Lipinski definition) is 10. The van der Waals surface area contributed by atoms with E-state index in [0.717, 1.165) is 11.3 Å². The Kier molecular flexibility index (Phi) is 7.79. The number of fused-ring (bicyclic) bond motifs is 1. The summed E-state index contributed by atoms with van der Waals surface area (Å²) in [4.78, 5) is 37.4. The smallest absolute Gasteiger partial charge is 0.350 e. The average molecular weight is 397 g/mol. The molecule has 2 heterocycles. The number of carbonyl (C=O) groups excluding carboxylic acids is 2. The highest BCUT2D eigenvalue weighted by Gasteiger charge is 2.21. The second-order valence-corrected chi connectivity index (χ2v) is 6.60. The van der Waals surface area contributed by atoms with Gasteiger partial charge in [-0.1, -0.05) is 11.8 Å². The molecule has 8 nitrogen and oxygen atoms in total. The summed E-state index contributed by atoms with van der Waals surface area (Å²) < 4.78 is 15.1. The van der Waals surface area contributed by atoms with Crippen LogP contribution >= 0.6 is 23.1 Å². The number of rotatable bonds is 9. The van der Waals surface area contributed by atoms with Gasteiger partial charge in [-0.05, 0) is 20.8 Å². The Morgan fingerprint density at radius 2 is 2.00 bits per heavy atom. The lowest BCUT2D eigenvalue weighted by atomic mass is 10.3. The number of thiophene rings is 1. The van der Waals surface area contributed by atoms with E-state index < -0.39 is 5.97 Å². The number of hydrogen-bond donors (Lipinski definition) is 0. The number of thioether (sulfide) groups is 1. The van der Waals surface area contributed by atoms with E-state index >= 15 is 0 Å². The summed E-state index contributed by atoms with van der Waals surface area (Å²) in [6.45, 7) is 6.37. The molecule has 10 heteroatoms. The van der Waals surface area contributed by atoms with E-state index in [-0.39, 0.29) is 18.3 Å². The predicted molar refractivity (Wildman–Crippen MR) is 101 cm³/mol. The van der Waals surface area contributed by atoms with Crippen molar-refractivity contribution in [2.75, 3.05) is 25.6 Å². The standard InChI is InChI=1S/C16H19N3O5S2/c1-4-22-9-18-12-10-7-17-16(25-8-11(20)23-5-2)19-14(10)26-13(12)15(21)24-6-3/h7,9H,4-6,8H2,1-3H3. The van der Waals surface area contributed by atoms with Gasteiger partial charge in [0, 0.05) is 6.20 Å². The van der Waals surface area contributed by atoms with Gasteiger partial charge in [0.25, 0.3) is 0 Å². The van der Waals surface area contributed by atoms with E-state index in [1.54, 1.807) is 20.0 Å². The van der Waals surface area contributed by atoms with Crippen molar-refractivity contribution in [3.8, 4) is 0 Å². The molecule has 0 bridgehead atoms. The molecule has 0 amide bonds. The minimum absolute atomic E-state index is 0.116. The Morgan fingerprint density at radius 1 is 1.23 bits per heavy atom. The third-order valence-corrected chi connectivity index (χ3v) is 4.81. The van der Waals surface area contributed by atoms with Crippen LogP contribution < -0.4 is 0 Å². The van der Waals surface area contributed by atoms with Gasteiger partial charge in [0.05, 0.1) is 31.0 Å². The molecule has 0 spiro atoms. The van der Waals surface area contributed by atoms with Crippen LogP contribution in [-0.2, 0) is 19.0 Å². The number of aromatic nitrogens is 2.